The first-order valence-electron chi connectivity index (χ1n) is 8.92. The summed E-state index contributed by atoms with van der Waals surface area (Å²) in [4.78, 5) is 12.5. The first-order valence-corrected chi connectivity index (χ1v) is 12.3. The Kier molecular flexibility index (Phi) is 6.25. The normalized spacial score (nSPS) is 12.1. The number of anilines is 1. The van der Waals surface area contributed by atoms with E-state index in [1.54, 1.807) is 12.1 Å². The number of hydrogen-bond donors (Lipinski definition) is 1. The van der Waals surface area contributed by atoms with E-state index < -0.39 is 25.8 Å². The number of nitrogens with zero attached hydrogens (tertiary/aromatic N) is 3. The molecule has 1 aromatic heterocycles. The standard InChI is InChI=1S/C19H20N4O6S2/c1-23(2)31(27,28)16-10-6-14(7-11-16)18-21-22-19(29-18)20-17(24)12-13-4-8-15(9-5-13)30(3,25)26/h4-11H,12H2,1-3H3,(H,20,22,24). The van der Waals surface area contributed by atoms with Crippen LogP contribution in [0.25, 0.3) is 11.5 Å². The van der Waals surface area contributed by atoms with Gasteiger partial charge < -0.3 is 4.42 Å². The number of amides is 1. The summed E-state index contributed by atoms with van der Waals surface area (Å²) in [5.41, 5.74) is 1.10. The summed E-state index contributed by atoms with van der Waals surface area (Å²) in [5, 5.41) is 10.1. The van der Waals surface area contributed by atoms with Crippen LogP contribution >= 0.6 is 0 Å². The van der Waals surface area contributed by atoms with E-state index in [-0.39, 0.29) is 28.1 Å². The predicted octanol–water partition coefficient (Wildman–Crippen LogP) is 1.57. The van der Waals surface area contributed by atoms with Gasteiger partial charge in [0.1, 0.15) is 0 Å². The predicted molar refractivity (Wildman–Crippen MR) is 112 cm³/mol. The quantitative estimate of drug-likeness (QED) is 0.556. The third kappa shape index (κ3) is 5.34. The monoisotopic (exact) mass is 464 g/mol. The van der Waals surface area contributed by atoms with Gasteiger partial charge in [0.25, 0.3) is 0 Å². The van der Waals surface area contributed by atoms with Gasteiger partial charge in [0.05, 0.1) is 16.2 Å². The van der Waals surface area contributed by atoms with E-state index >= 15 is 0 Å². The highest BCUT2D eigenvalue weighted by atomic mass is 32.2. The number of benzene rings is 2. The molecule has 0 atom stereocenters. The van der Waals surface area contributed by atoms with Crippen LogP contribution in [0, 0.1) is 0 Å². The van der Waals surface area contributed by atoms with E-state index in [9.17, 15) is 21.6 Å². The molecule has 0 spiro atoms. The number of rotatable bonds is 7. The molecule has 1 heterocycles. The summed E-state index contributed by atoms with van der Waals surface area (Å²) in [6, 6.07) is 11.8. The van der Waals surface area contributed by atoms with Gasteiger partial charge in [-0.3, -0.25) is 10.1 Å². The van der Waals surface area contributed by atoms with Crippen LogP contribution < -0.4 is 5.32 Å². The van der Waals surface area contributed by atoms with Gasteiger partial charge in [0, 0.05) is 25.9 Å². The van der Waals surface area contributed by atoms with Crippen LogP contribution in [0.1, 0.15) is 5.56 Å². The molecule has 0 aliphatic carbocycles. The summed E-state index contributed by atoms with van der Waals surface area (Å²) in [6.45, 7) is 0. The second kappa shape index (κ2) is 8.57. The average Bonchev–Trinajstić information content (AvgIpc) is 3.16. The maximum Gasteiger partial charge on any atom is 0.322 e. The van der Waals surface area contributed by atoms with Gasteiger partial charge in [-0.05, 0) is 42.0 Å². The van der Waals surface area contributed by atoms with E-state index in [1.165, 1.54) is 50.5 Å². The zero-order valence-corrected chi connectivity index (χ0v) is 18.6. The maximum absolute atomic E-state index is 12.2. The van der Waals surface area contributed by atoms with Crippen molar-refractivity contribution in [3.63, 3.8) is 0 Å². The topological polar surface area (TPSA) is 140 Å². The SMILES string of the molecule is CN(C)S(=O)(=O)c1ccc(-c2nnc(NC(=O)Cc3ccc(S(C)(=O)=O)cc3)o2)cc1. The van der Waals surface area contributed by atoms with Crippen molar-refractivity contribution in [2.24, 2.45) is 0 Å². The van der Waals surface area contributed by atoms with Crippen molar-refractivity contribution in [3.05, 3.63) is 54.1 Å². The molecule has 0 saturated carbocycles. The highest BCUT2D eigenvalue weighted by molar-refractivity contribution is 7.90. The summed E-state index contributed by atoms with van der Waals surface area (Å²) in [6.07, 6.45) is 1.09. The Morgan fingerprint density at radius 3 is 2.06 bits per heavy atom. The fraction of sp³-hybridized carbons (Fsp3) is 0.211. The van der Waals surface area contributed by atoms with Crippen molar-refractivity contribution in [1.82, 2.24) is 14.5 Å². The molecule has 164 valence electrons. The van der Waals surface area contributed by atoms with Gasteiger partial charge >= 0.3 is 6.01 Å². The lowest BCUT2D eigenvalue weighted by atomic mass is 10.1. The number of sulfonamides is 1. The summed E-state index contributed by atoms with van der Waals surface area (Å²) >= 11 is 0. The molecule has 1 amide bonds. The molecule has 0 saturated heterocycles. The van der Waals surface area contributed by atoms with Gasteiger partial charge in [-0.1, -0.05) is 17.2 Å². The Bertz CT molecular complexity index is 1300. The van der Waals surface area contributed by atoms with E-state index in [0.29, 0.717) is 11.1 Å². The zero-order valence-electron chi connectivity index (χ0n) is 16.9. The van der Waals surface area contributed by atoms with Crippen LogP contribution in [0.3, 0.4) is 0 Å². The van der Waals surface area contributed by atoms with Crippen LogP contribution in [0.15, 0.2) is 62.7 Å². The van der Waals surface area contributed by atoms with Crippen LogP contribution in [0.5, 0.6) is 0 Å². The number of carbonyl (C=O) groups excluding carboxylic acids is 1. The van der Waals surface area contributed by atoms with E-state index in [0.717, 1.165) is 10.6 Å². The highest BCUT2D eigenvalue weighted by Gasteiger charge is 2.18. The lowest BCUT2D eigenvalue weighted by Crippen LogP contribution is -2.22. The summed E-state index contributed by atoms with van der Waals surface area (Å²) < 4.78 is 53.7. The summed E-state index contributed by atoms with van der Waals surface area (Å²) in [7, 11) is -3.97. The maximum atomic E-state index is 12.2. The Morgan fingerprint density at radius 1 is 0.935 bits per heavy atom. The molecule has 3 aromatic rings. The fourth-order valence-corrected chi connectivity index (χ4v) is 4.11. The smallest absolute Gasteiger partial charge is 0.322 e. The number of aromatic nitrogens is 2. The van der Waals surface area contributed by atoms with Gasteiger partial charge in [0.2, 0.25) is 21.8 Å². The minimum absolute atomic E-state index is 0.0150. The molecule has 0 radical (unpaired) electrons. The Balaban J connectivity index is 1.66. The van der Waals surface area contributed by atoms with Gasteiger partial charge in [0.15, 0.2) is 9.84 Å². The average molecular weight is 465 g/mol. The third-order valence-electron chi connectivity index (χ3n) is 4.27. The number of nitrogens with one attached hydrogen (secondary N) is 1. The lowest BCUT2D eigenvalue weighted by Gasteiger charge is -2.11. The largest absolute Gasteiger partial charge is 0.403 e. The van der Waals surface area contributed by atoms with Gasteiger partial charge in [-0.15, -0.1) is 5.10 Å². The Hall–Kier alpha value is -3.09. The van der Waals surface area contributed by atoms with Crippen LogP contribution in [0.2, 0.25) is 0 Å². The highest BCUT2D eigenvalue weighted by Crippen LogP contribution is 2.23. The van der Waals surface area contributed by atoms with Gasteiger partial charge in [-0.2, -0.15) is 0 Å². The Morgan fingerprint density at radius 2 is 1.52 bits per heavy atom. The molecule has 1 N–H and O–H groups in total. The number of hydrogen-bond acceptors (Lipinski definition) is 8. The molecule has 0 unspecified atom stereocenters. The molecular formula is C19H20N4O6S2. The minimum Gasteiger partial charge on any atom is -0.403 e. The van der Waals surface area contributed by atoms with Crippen molar-refractivity contribution in [1.29, 1.82) is 0 Å². The lowest BCUT2D eigenvalue weighted by molar-refractivity contribution is -0.115. The molecule has 3 rings (SSSR count). The first-order chi connectivity index (χ1) is 14.5. The third-order valence-corrected chi connectivity index (χ3v) is 7.23. The molecule has 31 heavy (non-hydrogen) atoms. The molecule has 12 heteroatoms. The first kappa shape index (κ1) is 22.6. The van der Waals surface area contributed by atoms with E-state index in [4.69, 9.17) is 4.42 Å². The summed E-state index contributed by atoms with van der Waals surface area (Å²) in [5.74, 6) is -0.309. The molecule has 0 bridgehead atoms. The van der Waals surface area contributed by atoms with Gasteiger partial charge in [-0.25, -0.2) is 21.1 Å². The second-order valence-corrected chi connectivity index (χ2v) is 11.0. The van der Waals surface area contributed by atoms with E-state index in [1.807, 2.05) is 0 Å². The van der Waals surface area contributed by atoms with Crippen LogP contribution in [-0.2, 0) is 31.1 Å². The van der Waals surface area contributed by atoms with Crippen LogP contribution in [-0.4, -0.2) is 57.6 Å². The van der Waals surface area contributed by atoms with Crippen LogP contribution in [0.4, 0.5) is 6.01 Å². The molecule has 0 aliphatic rings. The van der Waals surface area contributed by atoms with Crippen molar-refractivity contribution in [3.8, 4) is 11.5 Å². The molecular weight excluding hydrogens is 444 g/mol. The zero-order chi connectivity index (χ0) is 22.8. The minimum atomic E-state index is -3.55. The molecule has 10 nitrogen and oxygen atoms in total. The Labute approximate surface area is 179 Å². The van der Waals surface area contributed by atoms with Crippen molar-refractivity contribution >= 4 is 31.8 Å². The number of sulfone groups is 1. The number of carbonyl (C=O) groups is 1. The molecule has 0 aliphatic heterocycles. The second-order valence-electron chi connectivity index (χ2n) is 6.87. The van der Waals surface area contributed by atoms with Crippen molar-refractivity contribution < 1.29 is 26.0 Å². The molecule has 0 fully saturated rings. The fourth-order valence-electron chi connectivity index (χ4n) is 2.57. The molecule has 2 aromatic carbocycles. The van der Waals surface area contributed by atoms with Crippen molar-refractivity contribution in [2.75, 3.05) is 25.7 Å². The van der Waals surface area contributed by atoms with E-state index in [2.05, 4.69) is 15.5 Å². The van der Waals surface area contributed by atoms with Crippen molar-refractivity contribution in [2.45, 2.75) is 16.2 Å².